The number of allylic oxidation sites excluding steroid dienone is 2. The molecular formula is C16H29BN4. The van der Waals surface area contributed by atoms with Crippen LogP contribution >= 0.6 is 0 Å². The zero-order chi connectivity index (χ0) is 15.8. The first kappa shape index (κ1) is 17.6. The Hall–Kier alpha value is -1.49. The summed E-state index contributed by atoms with van der Waals surface area (Å²) in [6, 6.07) is 0.400. The van der Waals surface area contributed by atoms with E-state index >= 15 is 0 Å². The number of nitrogens with zero attached hydrogens (tertiary/aromatic N) is 1. The van der Waals surface area contributed by atoms with Gasteiger partial charge in [0.15, 0.2) is 0 Å². The third-order valence-electron chi connectivity index (χ3n) is 4.01. The molecule has 0 radical (unpaired) electrons. The van der Waals surface area contributed by atoms with E-state index < -0.39 is 0 Å². The van der Waals surface area contributed by atoms with Crippen LogP contribution in [-0.2, 0) is 0 Å². The Bertz CT molecular complexity index is 428. The number of rotatable bonds is 8. The summed E-state index contributed by atoms with van der Waals surface area (Å²) in [5.41, 5.74) is 7.62. The highest BCUT2D eigenvalue weighted by Crippen LogP contribution is 2.20. The van der Waals surface area contributed by atoms with Crippen LogP contribution < -0.4 is 11.1 Å². The van der Waals surface area contributed by atoms with Crippen LogP contribution in [0.15, 0.2) is 35.8 Å². The second-order valence-electron chi connectivity index (χ2n) is 5.96. The Kier molecular flexibility index (Phi) is 7.30. The number of nitrogens with two attached hydrogens (primary N) is 1. The largest absolute Gasteiger partial charge is 0.385 e. The van der Waals surface area contributed by atoms with Crippen LogP contribution in [0.25, 0.3) is 0 Å². The number of nitrogens with one attached hydrogen (secondary N) is 2. The second kappa shape index (κ2) is 8.72. The van der Waals surface area contributed by atoms with Crippen molar-refractivity contribution in [2.45, 2.75) is 45.0 Å². The highest BCUT2D eigenvalue weighted by molar-refractivity contribution is 6.12. The number of likely N-dealkylation sites (tertiary alicyclic amines) is 1. The topological polar surface area (TPSA) is 65.1 Å². The minimum atomic E-state index is 0.400. The molecule has 2 unspecified atom stereocenters. The van der Waals surface area contributed by atoms with Crippen molar-refractivity contribution in [1.82, 2.24) is 10.2 Å². The van der Waals surface area contributed by atoms with E-state index in [9.17, 15) is 0 Å². The maximum Gasteiger partial charge on any atom is 0.109 e. The van der Waals surface area contributed by atoms with Crippen molar-refractivity contribution in [2.24, 2.45) is 5.73 Å². The van der Waals surface area contributed by atoms with Gasteiger partial charge in [-0.1, -0.05) is 31.8 Å². The summed E-state index contributed by atoms with van der Waals surface area (Å²) >= 11 is 0. The standard InChI is InChI=1S/C16H29BN4/c1-4-5-12(2)15(10-18)16(19)20-8-6-13(3)21-9-7-14(17)11-21/h6,8,10,13-14,18,20H,2,4-5,7,9,11,17,19H2,1,3H3/b8-6-,16-15+,18-10?. The van der Waals surface area contributed by atoms with Crippen LogP contribution in [0.4, 0.5) is 0 Å². The lowest BCUT2D eigenvalue weighted by Gasteiger charge is -2.21. The second-order valence-corrected chi connectivity index (χ2v) is 5.96. The van der Waals surface area contributed by atoms with Crippen LogP contribution in [0.5, 0.6) is 0 Å². The van der Waals surface area contributed by atoms with Crippen molar-refractivity contribution >= 4 is 14.1 Å². The van der Waals surface area contributed by atoms with Crippen molar-refractivity contribution in [1.29, 1.82) is 5.41 Å². The molecule has 21 heavy (non-hydrogen) atoms. The average Bonchev–Trinajstić information content (AvgIpc) is 2.86. The summed E-state index contributed by atoms with van der Waals surface area (Å²) in [4.78, 5) is 2.47. The quantitative estimate of drug-likeness (QED) is 0.362. The molecule has 1 saturated heterocycles. The van der Waals surface area contributed by atoms with E-state index in [0.717, 1.165) is 37.3 Å². The minimum absolute atomic E-state index is 0.400. The van der Waals surface area contributed by atoms with Gasteiger partial charge in [0, 0.05) is 17.8 Å². The molecule has 0 spiro atoms. The highest BCUT2D eigenvalue weighted by Gasteiger charge is 2.21. The number of hydrogen-bond donors (Lipinski definition) is 3. The van der Waals surface area contributed by atoms with Gasteiger partial charge in [-0.15, -0.1) is 0 Å². The summed E-state index contributed by atoms with van der Waals surface area (Å²) in [5, 5.41) is 10.6. The molecule has 1 rings (SSSR count). The molecular weight excluding hydrogens is 259 g/mol. The molecule has 4 N–H and O–H groups in total. The maximum atomic E-state index is 7.48. The van der Waals surface area contributed by atoms with E-state index in [-0.39, 0.29) is 0 Å². The Morgan fingerprint density at radius 1 is 1.62 bits per heavy atom. The van der Waals surface area contributed by atoms with Gasteiger partial charge in [0.25, 0.3) is 0 Å². The van der Waals surface area contributed by atoms with E-state index in [1.165, 1.54) is 12.6 Å². The lowest BCUT2D eigenvalue weighted by Crippen LogP contribution is -2.29. The molecule has 0 aromatic heterocycles. The predicted molar refractivity (Wildman–Crippen MR) is 94.3 cm³/mol. The molecule has 0 amide bonds. The van der Waals surface area contributed by atoms with Crippen LogP contribution in [0.3, 0.4) is 0 Å². The Morgan fingerprint density at radius 3 is 2.86 bits per heavy atom. The van der Waals surface area contributed by atoms with Gasteiger partial charge in [0.05, 0.1) is 0 Å². The van der Waals surface area contributed by atoms with Crippen molar-refractivity contribution in [3.63, 3.8) is 0 Å². The number of hydrogen-bond acceptors (Lipinski definition) is 4. The molecule has 1 aliphatic heterocycles. The summed E-state index contributed by atoms with van der Waals surface area (Å²) < 4.78 is 0. The third-order valence-corrected chi connectivity index (χ3v) is 4.01. The summed E-state index contributed by atoms with van der Waals surface area (Å²) in [5.74, 6) is 1.29. The molecule has 1 aliphatic rings. The van der Waals surface area contributed by atoms with Crippen LogP contribution in [0.1, 0.15) is 33.1 Å². The molecule has 5 heteroatoms. The van der Waals surface area contributed by atoms with E-state index in [1.807, 2.05) is 6.20 Å². The Balaban J connectivity index is 2.57. The van der Waals surface area contributed by atoms with E-state index in [1.54, 1.807) is 0 Å². The van der Waals surface area contributed by atoms with Gasteiger partial charge < -0.3 is 16.5 Å². The van der Waals surface area contributed by atoms with Crippen molar-refractivity contribution in [3.8, 4) is 0 Å². The van der Waals surface area contributed by atoms with Gasteiger partial charge in [-0.3, -0.25) is 4.90 Å². The SMILES string of the molecule is BC1CCN(C(C)/C=C\N/C(N)=C(\C=N)C(=C)CCC)C1. The molecule has 2 atom stereocenters. The van der Waals surface area contributed by atoms with Crippen molar-refractivity contribution in [2.75, 3.05) is 13.1 Å². The molecule has 1 heterocycles. The first-order valence-electron chi connectivity index (χ1n) is 7.85. The first-order valence-corrected chi connectivity index (χ1v) is 7.85. The van der Waals surface area contributed by atoms with Gasteiger partial charge in [0.1, 0.15) is 13.7 Å². The lowest BCUT2D eigenvalue weighted by atomic mass is 9.87. The molecule has 1 fully saturated rings. The Labute approximate surface area is 130 Å². The molecule has 0 aliphatic carbocycles. The molecule has 0 bridgehead atoms. The minimum Gasteiger partial charge on any atom is -0.385 e. The summed E-state index contributed by atoms with van der Waals surface area (Å²) in [6.07, 6.45) is 8.42. The lowest BCUT2D eigenvalue weighted by molar-refractivity contribution is 0.300. The zero-order valence-corrected chi connectivity index (χ0v) is 13.7. The molecule has 4 nitrogen and oxygen atoms in total. The van der Waals surface area contributed by atoms with Gasteiger partial charge in [0.2, 0.25) is 0 Å². The Morgan fingerprint density at radius 2 is 2.33 bits per heavy atom. The van der Waals surface area contributed by atoms with Gasteiger partial charge in [-0.25, -0.2) is 0 Å². The maximum absolute atomic E-state index is 7.48. The average molecular weight is 288 g/mol. The van der Waals surface area contributed by atoms with E-state index in [0.29, 0.717) is 17.4 Å². The molecule has 0 aromatic rings. The molecule has 116 valence electrons. The fourth-order valence-corrected chi connectivity index (χ4v) is 2.62. The highest BCUT2D eigenvalue weighted by atomic mass is 15.2. The summed E-state index contributed by atoms with van der Waals surface area (Å²) in [7, 11) is 2.30. The van der Waals surface area contributed by atoms with Crippen LogP contribution in [-0.4, -0.2) is 38.1 Å². The monoisotopic (exact) mass is 288 g/mol. The van der Waals surface area contributed by atoms with E-state index in [2.05, 4.69) is 44.6 Å². The van der Waals surface area contributed by atoms with Crippen LogP contribution in [0, 0.1) is 5.41 Å². The van der Waals surface area contributed by atoms with Gasteiger partial charge in [-0.2, -0.15) is 0 Å². The van der Waals surface area contributed by atoms with E-state index in [4.69, 9.17) is 11.1 Å². The molecule has 0 saturated carbocycles. The predicted octanol–water partition coefficient (Wildman–Crippen LogP) is 1.78. The summed E-state index contributed by atoms with van der Waals surface area (Å²) in [6.45, 7) is 10.6. The normalized spacial score (nSPS) is 22.1. The fourth-order valence-electron chi connectivity index (χ4n) is 2.62. The smallest absolute Gasteiger partial charge is 0.109 e. The van der Waals surface area contributed by atoms with Crippen molar-refractivity contribution in [3.05, 3.63) is 35.8 Å². The van der Waals surface area contributed by atoms with Gasteiger partial charge in [-0.05, 0) is 44.6 Å². The van der Waals surface area contributed by atoms with Crippen LogP contribution in [0.2, 0.25) is 5.82 Å². The van der Waals surface area contributed by atoms with Crippen molar-refractivity contribution < 1.29 is 0 Å². The third kappa shape index (κ3) is 5.42. The zero-order valence-electron chi connectivity index (χ0n) is 13.7. The molecule has 0 aromatic carbocycles. The van der Waals surface area contributed by atoms with Gasteiger partial charge >= 0.3 is 0 Å². The first-order chi connectivity index (χ1) is 9.99. The fraction of sp³-hybridized carbons (Fsp3) is 0.562.